The minimum Gasteiger partial charge on any atom is -0.493 e. The first-order valence-electron chi connectivity index (χ1n) is 6.06. The smallest absolute Gasteiger partial charge is 0.203 e. The van der Waals surface area contributed by atoms with Gasteiger partial charge in [-0.3, -0.25) is 0 Å². The third kappa shape index (κ3) is 3.99. The molecular formula is C14H21NO3S. The molecule has 0 saturated carbocycles. The Morgan fingerprint density at radius 1 is 1.21 bits per heavy atom. The molecule has 19 heavy (non-hydrogen) atoms. The topological polar surface area (TPSA) is 53.7 Å². The number of thiocarbonyl (C=S) groups is 1. The van der Waals surface area contributed by atoms with Crippen LogP contribution in [0.5, 0.6) is 17.2 Å². The zero-order valence-corrected chi connectivity index (χ0v) is 12.7. The number of rotatable bonds is 7. The second-order valence-corrected chi connectivity index (χ2v) is 5.28. The molecular weight excluding hydrogens is 262 g/mol. The third-order valence-electron chi connectivity index (χ3n) is 3.02. The summed E-state index contributed by atoms with van der Waals surface area (Å²) in [6.45, 7) is 4.48. The third-order valence-corrected chi connectivity index (χ3v) is 3.58. The van der Waals surface area contributed by atoms with Gasteiger partial charge in [0.15, 0.2) is 11.5 Å². The molecule has 1 rings (SSSR count). The van der Waals surface area contributed by atoms with E-state index < -0.39 is 0 Å². The fraction of sp³-hybridized carbons (Fsp3) is 0.500. The van der Waals surface area contributed by atoms with Crippen LogP contribution in [-0.2, 0) is 0 Å². The van der Waals surface area contributed by atoms with Crippen LogP contribution in [0.4, 0.5) is 0 Å². The van der Waals surface area contributed by atoms with Crippen molar-refractivity contribution in [3.8, 4) is 17.2 Å². The molecule has 0 aliphatic rings. The van der Waals surface area contributed by atoms with E-state index in [4.69, 9.17) is 32.2 Å². The monoisotopic (exact) mass is 283 g/mol. The second kappa shape index (κ2) is 6.61. The molecule has 0 spiro atoms. The molecule has 0 amide bonds. The fourth-order valence-corrected chi connectivity index (χ4v) is 1.59. The number of benzene rings is 1. The predicted octanol–water partition coefficient (Wildman–Crippen LogP) is 2.79. The summed E-state index contributed by atoms with van der Waals surface area (Å²) in [7, 11) is 3.20. The molecule has 4 nitrogen and oxygen atoms in total. The standard InChI is InChI=1S/C14H21NO3S/c1-14(2,13(15)19)8-9-18-12-10(16-3)6-5-7-11(12)17-4/h5-7H,8-9H2,1-4H3,(H2,15,19). The van der Waals surface area contributed by atoms with E-state index in [1.54, 1.807) is 14.2 Å². The normalized spacial score (nSPS) is 10.9. The summed E-state index contributed by atoms with van der Waals surface area (Å²) in [5, 5.41) is 0. The van der Waals surface area contributed by atoms with Gasteiger partial charge in [-0.25, -0.2) is 0 Å². The summed E-state index contributed by atoms with van der Waals surface area (Å²) >= 11 is 5.03. The molecule has 0 fully saturated rings. The van der Waals surface area contributed by atoms with Gasteiger partial charge in [0.25, 0.3) is 0 Å². The lowest BCUT2D eigenvalue weighted by molar-refractivity contribution is 0.245. The number of hydrogen-bond donors (Lipinski definition) is 1. The van der Waals surface area contributed by atoms with Crippen molar-refractivity contribution in [3.05, 3.63) is 18.2 Å². The van der Waals surface area contributed by atoms with E-state index in [2.05, 4.69) is 0 Å². The molecule has 0 saturated heterocycles. The van der Waals surface area contributed by atoms with Crippen molar-refractivity contribution in [1.29, 1.82) is 0 Å². The Morgan fingerprint density at radius 3 is 2.16 bits per heavy atom. The summed E-state index contributed by atoms with van der Waals surface area (Å²) in [6.07, 6.45) is 0.726. The Balaban J connectivity index is 2.75. The number of para-hydroxylation sites is 1. The van der Waals surface area contributed by atoms with Gasteiger partial charge in [0.2, 0.25) is 5.75 Å². The summed E-state index contributed by atoms with van der Waals surface area (Å²) in [6, 6.07) is 5.51. The molecule has 0 radical (unpaired) electrons. The Morgan fingerprint density at radius 2 is 1.74 bits per heavy atom. The fourth-order valence-electron chi connectivity index (χ4n) is 1.49. The van der Waals surface area contributed by atoms with E-state index in [0.29, 0.717) is 28.8 Å². The van der Waals surface area contributed by atoms with Crippen LogP contribution in [0.3, 0.4) is 0 Å². The number of ether oxygens (including phenoxy) is 3. The van der Waals surface area contributed by atoms with Gasteiger partial charge in [-0.15, -0.1) is 0 Å². The maximum atomic E-state index is 5.77. The Hall–Kier alpha value is -1.49. The summed E-state index contributed by atoms with van der Waals surface area (Å²) in [4.78, 5) is 0.489. The summed E-state index contributed by atoms with van der Waals surface area (Å²) in [5.41, 5.74) is 5.46. The lowest BCUT2D eigenvalue weighted by atomic mass is 9.90. The molecule has 1 aromatic carbocycles. The largest absolute Gasteiger partial charge is 0.493 e. The van der Waals surface area contributed by atoms with Crippen LogP contribution < -0.4 is 19.9 Å². The summed E-state index contributed by atoms with van der Waals surface area (Å²) in [5.74, 6) is 1.89. The van der Waals surface area contributed by atoms with Crippen LogP contribution in [0.15, 0.2) is 18.2 Å². The van der Waals surface area contributed by atoms with E-state index in [-0.39, 0.29) is 5.41 Å². The first kappa shape index (κ1) is 15.6. The molecule has 0 atom stereocenters. The van der Waals surface area contributed by atoms with Crippen molar-refractivity contribution < 1.29 is 14.2 Å². The second-order valence-electron chi connectivity index (χ2n) is 4.84. The first-order valence-corrected chi connectivity index (χ1v) is 6.47. The van der Waals surface area contributed by atoms with Crippen LogP contribution in [0.1, 0.15) is 20.3 Å². The minimum absolute atomic E-state index is 0.232. The number of methoxy groups -OCH3 is 2. The molecule has 0 aliphatic heterocycles. The highest BCUT2D eigenvalue weighted by Crippen LogP contribution is 2.37. The van der Waals surface area contributed by atoms with E-state index >= 15 is 0 Å². The lowest BCUT2D eigenvalue weighted by Crippen LogP contribution is -2.31. The highest BCUT2D eigenvalue weighted by Gasteiger charge is 2.22. The van der Waals surface area contributed by atoms with Crippen molar-refractivity contribution in [3.63, 3.8) is 0 Å². The highest BCUT2D eigenvalue weighted by molar-refractivity contribution is 7.80. The summed E-state index contributed by atoms with van der Waals surface area (Å²) < 4.78 is 16.3. The van der Waals surface area contributed by atoms with Gasteiger partial charge >= 0.3 is 0 Å². The van der Waals surface area contributed by atoms with E-state index in [1.807, 2.05) is 32.0 Å². The molecule has 1 aromatic rings. The van der Waals surface area contributed by atoms with E-state index in [9.17, 15) is 0 Å². The van der Waals surface area contributed by atoms with Crippen molar-refractivity contribution in [2.24, 2.45) is 11.1 Å². The van der Waals surface area contributed by atoms with Crippen molar-refractivity contribution in [1.82, 2.24) is 0 Å². The molecule has 5 heteroatoms. The first-order chi connectivity index (χ1) is 8.92. The van der Waals surface area contributed by atoms with Crippen LogP contribution in [0.2, 0.25) is 0 Å². The van der Waals surface area contributed by atoms with Crippen LogP contribution in [0.25, 0.3) is 0 Å². The van der Waals surface area contributed by atoms with Crippen molar-refractivity contribution >= 4 is 17.2 Å². The van der Waals surface area contributed by atoms with Gasteiger partial charge in [-0.05, 0) is 18.6 Å². The molecule has 106 valence electrons. The average molecular weight is 283 g/mol. The van der Waals surface area contributed by atoms with Gasteiger partial charge in [-0.1, -0.05) is 32.1 Å². The Kier molecular flexibility index (Phi) is 5.42. The molecule has 0 aromatic heterocycles. The van der Waals surface area contributed by atoms with E-state index in [1.165, 1.54) is 0 Å². The maximum Gasteiger partial charge on any atom is 0.203 e. The highest BCUT2D eigenvalue weighted by atomic mass is 32.1. The molecule has 2 N–H and O–H groups in total. The van der Waals surface area contributed by atoms with Crippen molar-refractivity contribution in [2.45, 2.75) is 20.3 Å². The lowest BCUT2D eigenvalue weighted by Gasteiger charge is -2.23. The van der Waals surface area contributed by atoms with Gasteiger partial charge in [0.1, 0.15) is 0 Å². The van der Waals surface area contributed by atoms with Crippen LogP contribution >= 0.6 is 12.2 Å². The molecule has 0 aliphatic carbocycles. The Bertz CT molecular complexity index is 424. The van der Waals surface area contributed by atoms with Gasteiger partial charge in [-0.2, -0.15) is 0 Å². The van der Waals surface area contributed by atoms with Crippen LogP contribution in [0, 0.1) is 5.41 Å². The molecule has 0 heterocycles. The number of hydrogen-bond acceptors (Lipinski definition) is 4. The quantitative estimate of drug-likeness (QED) is 0.780. The predicted molar refractivity (Wildman–Crippen MR) is 80.2 cm³/mol. The van der Waals surface area contributed by atoms with Crippen molar-refractivity contribution in [2.75, 3.05) is 20.8 Å². The zero-order chi connectivity index (χ0) is 14.5. The van der Waals surface area contributed by atoms with Gasteiger partial charge < -0.3 is 19.9 Å². The van der Waals surface area contributed by atoms with Crippen LogP contribution in [-0.4, -0.2) is 25.8 Å². The van der Waals surface area contributed by atoms with Gasteiger partial charge in [0.05, 0.1) is 25.8 Å². The minimum atomic E-state index is -0.232. The number of nitrogens with two attached hydrogens (primary N) is 1. The molecule has 0 unspecified atom stereocenters. The average Bonchev–Trinajstić information content (AvgIpc) is 2.38. The zero-order valence-electron chi connectivity index (χ0n) is 11.9. The van der Waals surface area contributed by atoms with E-state index in [0.717, 1.165) is 6.42 Å². The molecule has 0 bridgehead atoms. The maximum absolute atomic E-state index is 5.77. The van der Waals surface area contributed by atoms with Gasteiger partial charge in [0, 0.05) is 5.41 Å². The Labute approximate surface area is 119 Å². The SMILES string of the molecule is COc1cccc(OC)c1OCCC(C)(C)C(N)=S.